The van der Waals surface area contributed by atoms with Gasteiger partial charge in [-0.25, -0.2) is 13.1 Å². The summed E-state index contributed by atoms with van der Waals surface area (Å²) in [6, 6.07) is 27.6. The van der Waals surface area contributed by atoms with Crippen molar-refractivity contribution in [2.45, 2.75) is 72.6 Å². The lowest BCUT2D eigenvalue weighted by molar-refractivity contribution is -0.118. The van der Waals surface area contributed by atoms with Crippen LogP contribution in [0, 0.1) is 5.92 Å². The van der Waals surface area contributed by atoms with Crippen molar-refractivity contribution in [1.82, 2.24) is 14.9 Å². The fraction of sp³-hybridized carbons (Fsp3) is 0.372. The van der Waals surface area contributed by atoms with E-state index in [1.807, 2.05) is 13.0 Å². The predicted molar refractivity (Wildman–Crippen MR) is 218 cm³/mol. The molecule has 3 aromatic carbocycles. The van der Waals surface area contributed by atoms with E-state index in [0.717, 1.165) is 68.7 Å². The maximum atomic E-state index is 12.6. The standard InChI is InChI=1S/C43H55N5O4S/c1-6-17-38(18-7-2)53(50,51)46-41(49)25-14-26-42-44-43(45-52-42)37-27-28-39(47(5)32-29-34(3)4)40(33-37)48(30-15-23-35-19-10-8-11-20-35)31-16-24-36-21-12-9-13-22-36/h6,8-14,17-22,26-28,33-34H,7,15-16,23-25,29-32H2,1-5H3,(H,46,49)/b17-6-,26-14+,38-18+. The average molecular weight is 738 g/mol. The molecule has 4 rings (SSSR count). The number of anilines is 2. The molecule has 0 spiro atoms. The molecule has 282 valence electrons. The van der Waals surface area contributed by atoms with Crippen LogP contribution < -0.4 is 14.5 Å². The Morgan fingerprint density at radius 1 is 0.906 bits per heavy atom. The first-order valence-electron chi connectivity index (χ1n) is 18.7. The van der Waals surface area contributed by atoms with Crippen LogP contribution >= 0.6 is 0 Å². The first kappa shape index (κ1) is 40.8. The zero-order valence-corrected chi connectivity index (χ0v) is 32.7. The van der Waals surface area contributed by atoms with Crippen LogP contribution in [-0.4, -0.2) is 51.1 Å². The summed E-state index contributed by atoms with van der Waals surface area (Å²) in [5.41, 5.74) is 5.77. The fourth-order valence-electron chi connectivity index (χ4n) is 5.97. The predicted octanol–water partition coefficient (Wildman–Crippen LogP) is 9.01. The molecule has 0 bridgehead atoms. The van der Waals surface area contributed by atoms with E-state index in [4.69, 9.17) is 4.52 Å². The summed E-state index contributed by atoms with van der Waals surface area (Å²) in [6.45, 7) is 10.8. The molecular formula is C43H55N5O4S. The number of carbonyl (C=O) groups is 1. The second-order valence-corrected chi connectivity index (χ2v) is 15.3. The maximum Gasteiger partial charge on any atom is 0.263 e. The molecule has 53 heavy (non-hydrogen) atoms. The Labute approximate surface area is 316 Å². The van der Waals surface area contributed by atoms with Crippen molar-refractivity contribution >= 4 is 33.4 Å². The van der Waals surface area contributed by atoms with Gasteiger partial charge in [-0.1, -0.05) is 105 Å². The molecule has 4 aromatic rings. The quantitative estimate of drug-likeness (QED) is 0.0845. The third kappa shape index (κ3) is 13.2. The van der Waals surface area contributed by atoms with E-state index in [2.05, 4.69) is 118 Å². The third-order valence-electron chi connectivity index (χ3n) is 8.80. The third-order valence-corrected chi connectivity index (χ3v) is 10.2. The Balaban J connectivity index is 1.56. The SMILES string of the molecule is C/C=C\C(=C/CC)S(=O)(=O)NC(=O)C/C=C/c1nc(-c2ccc(N(C)CCC(C)C)c(N(CCCc3ccccc3)CCCc3ccccc3)c2)no1. The second-order valence-electron chi connectivity index (χ2n) is 13.6. The number of aryl methyl sites for hydroxylation is 2. The highest BCUT2D eigenvalue weighted by atomic mass is 32.2. The van der Waals surface area contributed by atoms with Crippen LogP contribution in [-0.2, 0) is 27.7 Å². The van der Waals surface area contributed by atoms with Gasteiger partial charge in [0, 0.05) is 38.7 Å². The molecule has 0 unspecified atom stereocenters. The van der Waals surface area contributed by atoms with Crippen molar-refractivity contribution in [3.8, 4) is 11.4 Å². The van der Waals surface area contributed by atoms with Gasteiger partial charge in [0.15, 0.2) is 0 Å². The Morgan fingerprint density at radius 3 is 2.13 bits per heavy atom. The summed E-state index contributed by atoms with van der Waals surface area (Å²) in [6.07, 6.45) is 13.1. The van der Waals surface area contributed by atoms with E-state index >= 15 is 0 Å². The number of carbonyl (C=O) groups excluding carboxylic acids is 1. The highest BCUT2D eigenvalue weighted by Gasteiger charge is 2.19. The van der Waals surface area contributed by atoms with Crippen LogP contribution in [0.1, 0.15) is 76.8 Å². The van der Waals surface area contributed by atoms with E-state index in [9.17, 15) is 13.2 Å². The van der Waals surface area contributed by atoms with Crippen LogP contribution in [0.2, 0.25) is 0 Å². The molecule has 0 aliphatic rings. The van der Waals surface area contributed by atoms with Crippen molar-refractivity contribution in [2.75, 3.05) is 36.5 Å². The van der Waals surface area contributed by atoms with Gasteiger partial charge in [0.25, 0.3) is 15.9 Å². The molecule has 0 fully saturated rings. The van der Waals surface area contributed by atoms with Gasteiger partial charge in [0.1, 0.15) is 0 Å². The topological polar surface area (TPSA) is 109 Å². The molecule has 0 aliphatic heterocycles. The number of nitrogens with zero attached hydrogens (tertiary/aromatic N) is 4. The Hall–Kier alpha value is -4.96. The number of amides is 1. The number of nitrogens with one attached hydrogen (secondary N) is 1. The smallest absolute Gasteiger partial charge is 0.263 e. The number of allylic oxidation sites excluding steroid dienone is 3. The van der Waals surface area contributed by atoms with Crippen LogP contribution in [0.15, 0.2) is 113 Å². The number of hydrogen-bond acceptors (Lipinski definition) is 8. The number of sulfonamides is 1. The Morgan fingerprint density at radius 2 is 1.55 bits per heavy atom. The largest absolute Gasteiger partial charge is 0.373 e. The summed E-state index contributed by atoms with van der Waals surface area (Å²) in [5.74, 6) is 0.582. The minimum Gasteiger partial charge on any atom is -0.373 e. The molecule has 0 saturated carbocycles. The molecule has 0 atom stereocenters. The molecule has 1 heterocycles. The monoisotopic (exact) mass is 737 g/mol. The summed E-state index contributed by atoms with van der Waals surface area (Å²) < 4.78 is 32.9. The van der Waals surface area contributed by atoms with Gasteiger partial charge in [-0.15, -0.1) is 0 Å². The van der Waals surface area contributed by atoms with Crippen molar-refractivity contribution in [1.29, 1.82) is 0 Å². The van der Waals surface area contributed by atoms with Crippen molar-refractivity contribution in [3.63, 3.8) is 0 Å². The molecule has 0 saturated heterocycles. The van der Waals surface area contributed by atoms with Crippen LogP contribution in [0.4, 0.5) is 11.4 Å². The van der Waals surface area contributed by atoms with Crippen LogP contribution in [0.5, 0.6) is 0 Å². The van der Waals surface area contributed by atoms with Gasteiger partial charge in [-0.05, 0) is 92.8 Å². The summed E-state index contributed by atoms with van der Waals surface area (Å²) in [5, 5.41) is 4.26. The van der Waals surface area contributed by atoms with Gasteiger partial charge in [-0.2, -0.15) is 4.98 Å². The molecule has 10 heteroatoms. The summed E-state index contributed by atoms with van der Waals surface area (Å²) in [7, 11) is -1.80. The second kappa shape index (κ2) is 20.9. The minimum absolute atomic E-state index is 0.0591. The minimum atomic E-state index is -3.96. The van der Waals surface area contributed by atoms with E-state index in [-0.39, 0.29) is 17.2 Å². The molecule has 0 radical (unpaired) electrons. The lowest BCUT2D eigenvalue weighted by Crippen LogP contribution is -2.30. The van der Waals surface area contributed by atoms with Gasteiger partial charge >= 0.3 is 0 Å². The number of benzene rings is 3. The fourth-order valence-corrected chi connectivity index (χ4v) is 7.17. The first-order valence-corrected chi connectivity index (χ1v) is 20.1. The number of aromatic nitrogens is 2. The zero-order chi connectivity index (χ0) is 38.1. The lowest BCUT2D eigenvalue weighted by atomic mass is 10.1. The number of rotatable bonds is 21. The highest BCUT2D eigenvalue weighted by Crippen LogP contribution is 2.34. The van der Waals surface area contributed by atoms with E-state index < -0.39 is 15.9 Å². The summed E-state index contributed by atoms with van der Waals surface area (Å²) in [4.78, 5) is 22.0. The van der Waals surface area contributed by atoms with Gasteiger partial charge in [-0.3, -0.25) is 4.79 Å². The summed E-state index contributed by atoms with van der Waals surface area (Å²) >= 11 is 0. The average Bonchev–Trinajstić information content (AvgIpc) is 3.62. The van der Waals surface area contributed by atoms with Gasteiger partial charge in [0.2, 0.25) is 11.7 Å². The first-order chi connectivity index (χ1) is 25.6. The molecule has 1 aromatic heterocycles. The Kier molecular flexibility index (Phi) is 16.1. The van der Waals surface area contributed by atoms with Gasteiger partial charge < -0.3 is 14.3 Å². The molecular weight excluding hydrogens is 683 g/mol. The molecule has 1 amide bonds. The highest BCUT2D eigenvalue weighted by molar-refractivity contribution is 7.94. The molecule has 0 aliphatic carbocycles. The van der Waals surface area contributed by atoms with Crippen molar-refractivity contribution in [3.05, 3.63) is 125 Å². The molecule has 9 nitrogen and oxygen atoms in total. The molecule has 1 N–H and O–H groups in total. The normalized spacial score (nSPS) is 12.2. The van der Waals surface area contributed by atoms with E-state index in [0.29, 0.717) is 18.2 Å². The van der Waals surface area contributed by atoms with Crippen LogP contribution in [0.3, 0.4) is 0 Å². The van der Waals surface area contributed by atoms with E-state index in [1.54, 1.807) is 19.1 Å². The van der Waals surface area contributed by atoms with E-state index in [1.165, 1.54) is 29.4 Å². The van der Waals surface area contributed by atoms with Crippen molar-refractivity contribution < 1.29 is 17.7 Å². The van der Waals surface area contributed by atoms with Crippen LogP contribution in [0.25, 0.3) is 17.5 Å². The van der Waals surface area contributed by atoms with Crippen molar-refractivity contribution in [2.24, 2.45) is 5.92 Å². The number of hydrogen-bond donors (Lipinski definition) is 1. The Bertz CT molecular complexity index is 1870. The lowest BCUT2D eigenvalue weighted by Gasteiger charge is -2.32. The maximum absolute atomic E-state index is 12.6. The zero-order valence-electron chi connectivity index (χ0n) is 31.9. The van der Waals surface area contributed by atoms with Gasteiger partial charge in [0.05, 0.1) is 16.3 Å².